The summed E-state index contributed by atoms with van der Waals surface area (Å²) in [5, 5.41) is 0.342. The summed E-state index contributed by atoms with van der Waals surface area (Å²) in [7, 11) is 1.22. The van der Waals surface area contributed by atoms with Gasteiger partial charge in [-0.25, -0.2) is 19.5 Å². The monoisotopic (exact) mass is 426 g/mol. The Morgan fingerprint density at radius 1 is 0.906 bits per heavy atom. The summed E-state index contributed by atoms with van der Waals surface area (Å²) in [4.78, 5) is 55.9. The number of methoxy groups -OCH3 is 1. The highest BCUT2D eigenvalue weighted by molar-refractivity contribution is 6.35. The van der Waals surface area contributed by atoms with Crippen molar-refractivity contribution >= 4 is 34.4 Å². The van der Waals surface area contributed by atoms with Crippen molar-refractivity contribution in [2.75, 3.05) is 12.0 Å². The zero-order valence-corrected chi connectivity index (χ0v) is 16.7. The summed E-state index contributed by atoms with van der Waals surface area (Å²) in [6.07, 6.45) is 0. The number of esters is 1. The summed E-state index contributed by atoms with van der Waals surface area (Å²) in [5.41, 5.74) is 0.772. The van der Waals surface area contributed by atoms with Gasteiger partial charge in [-0.05, 0) is 42.5 Å². The summed E-state index contributed by atoms with van der Waals surface area (Å²) >= 11 is 0. The van der Waals surface area contributed by atoms with E-state index in [1.165, 1.54) is 31.4 Å². The van der Waals surface area contributed by atoms with E-state index in [0.717, 1.165) is 4.90 Å². The van der Waals surface area contributed by atoms with Crippen molar-refractivity contribution in [3.8, 4) is 11.5 Å². The number of nitrogens with zero attached hydrogens (tertiary/aromatic N) is 2. The van der Waals surface area contributed by atoms with Crippen molar-refractivity contribution in [1.29, 1.82) is 0 Å². The number of amides is 2. The molecule has 0 atom stereocenters. The fourth-order valence-electron chi connectivity index (χ4n) is 3.69. The number of hydrogen-bond acceptors (Lipinski definition) is 7. The van der Waals surface area contributed by atoms with E-state index in [2.05, 4.69) is 4.98 Å². The Kier molecular flexibility index (Phi) is 4.41. The van der Waals surface area contributed by atoms with Gasteiger partial charge in [0.1, 0.15) is 0 Å². The largest absolute Gasteiger partial charge is 0.465 e. The van der Waals surface area contributed by atoms with E-state index in [9.17, 15) is 19.2 Å². The standard InChI is InChI=1S/C24H14N2O6/c1-31-23(29)16-7-3-5-9-19(16)26-21(27)14-11-10-13(12-17(14)22(26)28)20-25-18-8-4-2-6-15(18)24(30)32-20/h2-12H,1H3. The van der Waals surface area contributed by atoms with Crippen molar-refractivity contribution in [3.63, 3.8) is 0 Å². The molecule has 0 radical (unpaired) electrons. The van der Waals surface area contributed by atoms with Crippen molar-refractivity contribution in [2.24, 2.45) is 0 Å². The second-order valence-corrected chi connectivity index (χ2v) is 7.04. The van der Waals surface area contributed by atoms with Gasteiger partial charge in [0.2, 0.25) is 5.89 Å². The van der Waals surface area contributed by atoms with E-state index >= 15 is 0 Å². The topological polar surface area (TPSA) is 107 Å². The number of aromatic nitrogens is 1. The van der Waals surface area contributed by atoms with Crippen LogP contribution in [0, 0.1) is 0 Å². The zero-order valence-electron chi connectivity index (χ0n) is 16.7. The molecule has 2 heterocycles. The smallest absolute Gasteiger partial charge is 0.347 e. The fourth-order valence-corrected chi connectivity index (χ4v) is 3.69. The summed E-state index contributed by atoms with van der Waals surface area (Å²) in [5.74, 6) is -1.81. The van der Waals surface area contributed by atoms with Gasteiger partial charge < -0.3 is 9.15 Å². The van der Waals surface area contributed by atoms with Crippen molar-refractivity contribution < 1.29 is 23.5 Å². The van der Waals surface area contributed by atoms with Crippen LogP contribution >= 0.6 is 0 Å². The molecule has 0 fully saturated rings. The maximum atomic E-state index is 13.2. The predicted octanol–water partition coefficient (Wildman–Crippen LogP) is 3.44. The third kappa shape index (κ3) is 2.89. The van der Waals surface area contributed by atoms with Gasteiger partial charge >= 0.3 is 11.6 Å². The number of ether oxygens (including phenoxy) is 1. The molecule has 0 saturated heterocycles. The number of imide groups is 1. The van der Waals surface area contributed by atoms with Crippen LogP contribution in [0.15, 0.2) is 75.9 Å². The third-order valence-electron chi connectivity index (χ3n) is 5.22. The van der Waals surface area contributed by atoms with Gasteiger partial charge in [-0.15, -0.1) is 0 Å². The number of benzene rings is 3. The first-order valence-corrected chi connectivity index (χ1v) is 9.60. The van der Waals surface area contributed by atoms with Crippen molar-refractivity contribution in [1.82, 2.24) is 4.98 Å². The molecule has 0 saturated carbocycles. The number of fused-ring (bicyclic) bond motifs is 2. The van der Waals surface area contributed by atoms with E-state index < -0.39 is 23.4 Å². The predicted molar refractivity (Wildman–Crippen MR) is 115 cm³/mol. The molecule has 5 rings (SSSR count). The summed E-state index contributed by atoms with van der Waals surface area (Å²) in [6.45, 7) is 0. The molecule has 0 bridgehead atoms. The normalized spacial score (nSPS) is 12.8. The first-order chi connectivity index (χ1) is 15.5. The van der Waals surface area contributed by atoms with E-state index in [0.29, 0.717) is 16.5 Å². The second kappa shape index (κ2) is 7.28. The highest BCUT2D eigenvalue weighted by Crippen LogP contribution is 2.33. The SMILES string of the molecule is COC(=O)c1ccccc1N1C(=O)c2ccc(-c3nc4ccccc4c(=O)o3)cc2C1=O. The molecule has 1 aromatic heterocycles. The molecule has 8 heteroatoms. The van der Waals surface area contributed by atoms with E-state index in [1.807, 2.05) is 0 Å². The highest BCUT2D eigenvalue weighted by Gasteiger charge is 2.38. The Hall–Kier alpha value is -4.59. The Balaban J connectivity index is 1.61. The van der Waals surface area contributed by atoms with Crippen molar-refractivity contribution in [3.05, 3.63) is 93.8 Å². The molecule has 2 amide bonds. The van der Waals surface area contributed by atoms with Crippen LogP contribution in [0.1, 0.15) is 31.1 Å². The summed E-state index contributed by atoms with van der Waals surface area (Å²) in [6, 6.07) is 17.4. The molecule has 32 heavy (non-hydrogen) atoms. The minimum Gasteiger partial charge on any atom is -0.465 e. The Bertz CT molecular complexity index is 1500. The zero-order chi connectivity index (χ0) is 22.4. The molecular weight excluding hydrogens is 412 g/mol. The Morgan fingerprint density at radius 2 is 1.62 bits per heavy atom. The van der Waals surface area contributed by atoms with Gasteiger partial charge in [0, 0.05) is 5.56 Å². The maximum Gasteiger partial charge on any atom is 0.347 e. The van der Waals surface area contributed by atoms with E-state index in [4.69, 9.17) is 9.15 Å². The lowest BCUT2D eigenvalue weighted by Gasteiger charge is -2.16. The van der Waals surface area contributed by atoms with Crippen LogP contribution in [0.4, 0.5) is 5.69 Å². The number of hydrogen-bond donors (Lipinski definition) is 0. The molecule has 1 aliphatic heterocycles. The van der Waals surface area contributed by atoms with Crippen LogP contribution in [0.2, 0.25) is 0 Å². The van der Waals surface area contributed by atoms with Gasteiger partial charge in [0.25, 0.3) is 11.8 Å². The fraction of sp³-hybridized carbons (Fsp3) is 0.0417. The molecule has 0 aliphatic carbocycles. The molecule has 0 N–H and O–H groups in total. The summed E-state index contributed by atoms with van der Waals surface area (Å²) < 4.78 is 10.1. The lowest BCUT2D eigenvalue weighted by Crippen LogP contribution is -2.31. The van der Waals surface area contributed by atoms with Crippen LogP contribution < -0.4 is 10.5 Å². The lowest BCUT2D eigenvalue weighted by atomic mass is 10.1. The van der Waals surface area contributed by atoms with Gasteiger partial charge in [-0.3, -0.25) is 9.59 Å². The van der Waals surface area contributed by atoms with Crippen molar-refractivity contribution in [2.45, 2.75) is 0 Å². The first kappa shape index (κ1) is 19.4. The number of para-hydroxylation sites is 2. The number of rotatable bonds is 3. The average Bonchev–Trinajstić information content (AvgIpc) is 3.07. The number of carbonyl (C=O) groups is 3. The minimum absolute atomic E-state index is 0.0326. The van der Waals surface area contributed by atoms with Gasteiger partial charge in [-0.1, -0.05) is 24.3 Å². The van der Waals surface area contributed by atoms with E-state index in [1.54, 1.807) is 42.5 Å². The number of carbonyl (C=O) groups excluding carboxylic acids is 3. The van der Waals surface area contributed by atoms with Gasteiger partial charge in [0.15, 0.2) is 0 Å². The molecule has 8 nitrogen and oxygen atoms in total. The Labute approximate surface area is 180 Å². The van der Waals surface area contributed by atoms with Crippen LogP contribution in [0.25, 0.3) is 22.4 Å². The molecule has 3 aromatic carbocycles. The third-order valence-corrected chi connectivity index (χ3v) is 5.22. The minimum atomic E-state index is -0.667. The lowest BCUT2D eigenvalue weighted by molar-refractivity contribution is 0.0601. The van der Waals surface area contributed by atoms with E-state index in [-0.39, 0.29) is 28.3 Å². The van der Waals surface area contributed by atoms with Gasteiger partial charge in [-0.2, -0.15) is 0 Å². The molecular formula is C24H14N2O6. The van der Waals surface area contributed by atoms with Gasteiger partial charge in [0.05, 0.1) is 40.4 Å². The molecule has 4 aromatic rings. The molecule has 156 valence electrons. The quantitative estimate of drug-likeness (QED) is 0.365. The highest BCUT2D eigenvalue weighted by atomic mass is 16.5. The van der Waals surface area contributed by atoms with Crippen LogP contribution in [0.3, 0.4) is 0 Å². The average molecular weight is 426 g/mol. The van der Waals surface area contributed by atoms with Crippen LogP contribution in [-0.4, -0.2) is 29.9 Å². The Morgan fingerprint density at radius 3 is 2.44 bits per heavy atom. The molecule has 1 aliphatic rings. The van der Waals surface area contributed by atoms with Crippen LogP contribution in [-0.2, 0) is 4.74 Å². The number of anilines is 1. The molecule has 0 spiro atoms. The second-order valence-electron chi connectivity index (χ2n) is 7.04. The molecule has 0 unspecified atom stereocenters. The van der Waals surface area contributed by atoms with Crippen LogP contribution in [0.5, 0.6) is 0 Å². The maximum absolute atomic E-state index is 13.2. The first-order valence-electron chi connectivity index (χ1n) is 9.60.